The number of amides is 1. The molecule has 2 aromatic rings. The van der Waals surface area contributed by atoms with Crippen LogP contribution in [-0.4, -0.2) is 17.4 Å². The quantitative estimate of drug-likeness (QED) is 0.590. The normalized spacial score (nSPS) is 10.4. The van der Waals surface area contributed by atoms with Gasteiger partial charge in [0.05, 0.1) is 16.4 Å². The van der Waals surface area contributed by atoms with Gasteiger partial charge in [-0.15, -0.1) is 17.9 Å². The van der Waals surface area contributed by atoms with Crippen molar-refractivity contribution in [2.24, 2.45) is 0 Å². The number of rotatable bonds is 5. The second-order valence-corrected chi connectivity index (χ2v) is 7.39. The highest BCUT2D eigenvalue weighted by Crippen LogP contribution is 2.26. The van der Waals surface area contributed by atoms with Gasteiger partial charge in [-0.05, 0) is 46.3 Å². The number of carbonyl (C=O) groups excluding carboxylic acids is 1. The molecule has 0 unspecified atom stereocenters. The molecule has 0 bridgehead atoms. The van der Waals surface area contributed by atoms with Crippen LogP contribution in [0.25, 0.3) is 0 Å². The zero-order valence-electron chi connectivity index (χ0n) is 11.0. The molecule has 2 nitrogen and oxygen atoms in total. The molecule has 21 heavy (non-hydrogen) atoms. The molecule has 0 N–H and O–H groups in total. The number of thiophene rings is 1. The van der Waals surface area contributed by atoms with Gasteiger partial charge < -0.3 is 4.90 Å². The van der Waals surface area contributed by atoms with E-state index in [0.717, 1.165) is 4.88 Å². The minimum Gasteiger partial charge on any atom is -0.330 e. The molecule has 0 aliphatic heterocycles. The van der Waals surface area contributed by atoms with Crippen LogP contribution in [0.1, 0.15) is 15.2 Å². The van der Waals surface area contributed by atoms with Crippen LogP contribution in [0.5, 0.6) is 0 Å². The average molecular weight is 405 g/mol. The molecule has 1 amide bonds. The number of halogens is 3. The van der Waals surface area contributed by atoms with Crippen molar-refractivity contribution in [2.75, 3.05) is 6.54 Å². The van der Waals surface area contributed by atoms with E-state index in [1.807, 2.05) is 12.1 Å². The summed E-state index contributed by atoms with van der Waals surface area (Å²) >= 11 is 16.7. The van der Waals surface area contributed by atoms with Crippen LogP contribution in [0.15, 0.2) is 47.5 Å². The predicted octanol–water partition coefficient (Wildman–Crippen LogP) is 5.65. The fourth-order valence-electron chi connectivity index (χ4n) is 1.83. The summed E-state index contributed by atoms with van der Waals surface area (Å²) in [6.45, 7) is 4.67. The maximum Gasteiger partial charge on any atom is 0.255 e. The third kappa shape index (κ3) is 4.33. The summed E-state index contributed by atoms with van der Waals surface area (Å²) in [5.74, 6) is -0.0806. The smallest absolute Gasteiger partial charge is 0.255 e. The van der Waals surface area contributed by atoms with Gasteiger partial charge in [-0.2, -0.15) is 0 Å². The van der Waals surface area contributed by atoms with Crippen LogP contribution in [-0.2, 0) is 6.54 Å². The van der Waals surface area contributed by atoms with E-state index in [0.29, 0.717) is 32.5 Å². The monoisotopic (exact) mass is 403 g/mol. The lowest BCUT2D eigenvalue weighted by Crippen LogP contribution is -2.30. The maximum atomic E-state index is 12.7. The Kier molecular flexibility index (Phi) is 5.88. The summed E-state index contributed by atoms with van der Waals surface area (Å²) in [7, 11) is 0. The van der Waals surface area contributed by atoms with Crippen molar-refractivity contribution < 1.29 is 4.79 Å². The van der Waals surface area contributed by atoms with Crippen molar-refractivity contribution in [3.63, 3.8) is 0 Å². The van der Waals surface area contributed by atoms with E-state index in [1.165, 1.54) is 11.3 Å². The Morgan fingerprint density at radius 2 is 2.10 bits per heavy atom. The highest BCUT2D eigenvalue weighted by atomic mass is 79.9. The summed E-state index contributed by atoms with van der Waals surface area (Å²) in [6.07, 6.45) is 1.71. The van der Waals surface area contributed by atoms with Crippen molar-refractivity contribution in [2.45, 2.75) is 6.54 Å². The Morgan fingerprint density at radius 1 is 1.33 bits per heavy atom. The first-order chi connectivity index (χ1) is 10.0. The van der Waals surface area contributed by atoms with Gasteiger partial charge in [0.25, 0.3) is 5.91 Å². The summed E-state index contributed by atoms with van der Waals surface area (Å²) in [4.78, 5) is 15.4. The lowest BCUT2D eigenvalue weighted by molar-refractivity contribution is 0.0763. The Balaban J connectivity index is 2.24. The van der Waals surface area contributed by atoms with Crippen LogP contribution in [0.3, 0.4) is 0 Å². The van der Waals surface area contributed by atoms with E-state index in [9.17, 15) is 4.79 Å². The number of benzene rings is 1. The number of nitrogens with zero attached hydrogens (tertiary/aromatic N) is 1. The van der Waals surface area contributed by atoms with E-state index in [-0.39, 0.29) is 5.91 Å². The minimum absolute atomic E-state index is 0.0806. The first kappa shape index (κ1) is 16.6. The van der Waals surface area contributed by atoms with Gasteiger partial charge in [0.15, 0.2) is 0 Å². The number of hydrogen-bond donors (Lipinski definition) is 0. The molecule has 0 aliphatic carbocycles. The predicted molar refractivity (Wildman–Crippen MR) is 93.4 cm³/mol. The molecular weight excluding hydrogens is 393 g/mol. The van der Waals surface area contributed by atoms with Gasteiger partial charge in [0.2, 0.25) is 0 Å². The molecule has 0 saturated heterocycles. The van der Waals surface area contributed by atoms with E-state index < -0.39 is 0 Å². The molecule has 0 radical (unpaired) electrons. The van der Waals surface area contributed by atoms with Gasteiger partial charge in [-0.1, -0.05) is 29.3 Å². The van der Waals surface area contributed by atoms with E-state index in [1.54, 1.807) is 29.2 Å². The standard InChI is InChI=1S/C15H12BrCl2NOS/c1-2-7-19(9-11-4-6-14(18)21-11)15(20)12-5-3-10(17)8-13(12)16/h2-6,8H,1,7,9H2. The van der Waals surface area contributed by atoms with Crippen molar-refractivity contribution >= 4 is 56.4 Å². The van der Waals surface area contributed by atoms with Crippen LogP contribution in [0, 0.1) is 0 Å². The Hall–Kier alpha value is -0.810. The maximum absolute atomic E-state index is 12.7. The Bertz CT molecular complexity index is 671. The second-order valence-electron chi connectivity index (χ2n) is 4.30. The van der Waals surface area contributed by atoms with Gasteiger partial charge in [-0.25, -0.2) is 0 Å². The molecule has 0 fully saturated rings. The topological polar surface area (TPSA) is 20.3 Å². The van der Waals surface area contributed by atoms with E-state index in [4.69, 9.17) is 23.2 Å². The van der Waals surface area contributed by atoms with Gasteiger partial charge in [0, 0.05) is 20.9 Å². The highest BCUT2D eigenvalue weighted by Gasteiger charge is 2.18. The fraction of sp³-hybridized carbons (Fsp3) is 0.133. The lowest BCUT2D eigenvalue weighted by Gasteiger charge is -2.21. The number of hydrogen-bond acceptors (Lipinski definition) is 2. The summed E-state index contributed by atoms with van der Waals surface area (Å²) in [6, 6.07) is 8.88. The molecule has 1 aromatic carbocycles. The van der Waals surface area contributed by atoms with Crippen molar-refractivity contribution in [1.82, 2.24) is 4.90 Å². The van der Waals surface area contributed by atoms with E-state index in [2.05, 4.69) is 22.5 Å². The zero-order chi connectivity index (χ0) is 15.4. The molecule has 0 spiro atoms. The first-order valence-electron chi connectivity index (χ1n) is 6.10. The Labute approximate surface area is 146 Å². The minimum atomic E-state index is -0.0806. The molecule has 110 valence electrons. The summed E-state index contributed by atoms with van der Waals surface area (Å²) in [5.41, 5.74) is 0.573. The third-order valence-corrected chi connectivity index (χ3v) is 4.88. The summed E-state index contributed by atoms with van der Waals surface area (Å²) in [5, 5.41) is 0.582. The molecule has 6 heteroatoms. The SMILES string of the molecule is C=CCN(Cc1ccc(Cl)s1)C(=O)c1ccc(Cl)cc1Br. The van der Waals surface area contributed by atoms with Crippen molar-refractivity contribution in [1.29, 1.82) is 0 Å². The molecule has 0 aliphatic rings. The fourth-order valence-corrected chi connectivity index (χ4v) is 3.79. The molecule has 0 atom stereocenters. The largest absolute Gasteiger partial charge is 0.330 e. The van der Waals surface area contributed by atoms with Crippen LogP contribution in [0.2, 0.25) is 9.36 Å². The van der Waals surface area contributed by atoms with E-state index >= 15 is 0 Å². The average Bonchev–Trinajstić information content (AvgIpc) is 2.83. The molecule has 1 aromatic heterocycles. The molecular formula is C15H12BrCl2NOS. The number of carbonyl (C=O) groups is 1. The highest BCUT2D eigenvalue weighted by molar-refractivity contribution is 9.10. The van der Waals surface area contributed by atoms with Crippen LogP contribution < -0.4 is 0 Å². The third-order valence-electron chi connectivity index (χ3n) is 2.77. The lowest BCUT2D eigenvalue weighted by atomic mass is 10.2. The summed E-state index contributed by atoms with van der Waals surface area (Å²) < 4.78 is 1.39. The molecule has 2 rings (SSSR count). The van der Waals surface area contributed by atoms with Crippen LogP contribution in [0.4, 0.5) is 0 Å². The molecule has 1 heterocycles. The second kappa shape index (κ2) is 7.45. The Morgan fingerprint density at radius 3 is 2.67 bits per heavy atom. The van der Waals surface area contributed by atoms with Crippen molar-refractivity contribution in [3.8, 4) is 0 Å². The van der Waals surface area contributed by atoms with Gasteiger partial charge in [0.1, 0.15) is 0 Å². The van der Waals surface area contributed by atoms with Gasteiger partial charge in [-0.3, -0.25) is 4.79 Å². The zero-order valence-corrected chi connectivity index (χ0v) is 14.9. The van der Waals surface area contributed by atoms with Crippen molar-refractivity contribution in [3.05, 3.63) is 67.3 Å². The van der Waals surface area contributed by atoms with Gasteiger partial charge >= 0.3 is 0 Å². The molecule has 0 saturated carbocycles. The van der Waals surface area contributed by atoms with Crippen LogP contribution >= 0.6 is 50.5 Å². The first-order valence-corrected chi connectivity index (χ1v) is 8.47.